The second-order valence-electron chi connectivity index (χ2n) is 7.09. The molecule has 0 aliphatic rings. The zero-order chi connectivity index (χ0) is 21.3. The summed E-state index contributed by atoms with van der Waals surface area (Å²) >= 11 is 0. The summed E-state index contributed by atoms with van der Waals surface area (Å²) in [6, 6.07) is 16.1. The molecule has 4 rings (SSSR count). The zero-order valence-electron chi connectivity index (χ0n) is 16.3. The van der Waals surface area contributed by atoms with Crippen LogP contribution in [0.1, 0.15) is 17.5 Å². The third kappa shape index (κ3) is 3.59. The van der Waals surface area contributed by atoms with Gasteiger partial charge < -0.3 is 5.11 Å². The molecule has 2 heterocycles. The molecule has 0 aliphatic heterocycles. The Kier molecular flexibility index (Phi) is 5.13. The summed E-state index contributed by atoms with van der Waals surface area (Å²) in [5, 5.41) is 9.84. The van der Waals surface area contributed by atoms with Gasteiger partial charge in [0.25, 0.3) is 10.0 Å². The van der Waals surface area contributed by atoms with Gasteiger partial charge in [-0.15, -0.1) is 0 Å². The van der Waals surface area contributed by atoms with Crippen LogP contribution in [0.5, 0.6) is 0 Å². The Morgan fingerprint density at radius 2 is 1.87 bits per heavy atom. The Morgan fingerprint density at radius 3 is 2.57 bits per heavy atom. The van der Waals surface area contributed by atoms with Crippen LogP contribution in [0.4, 0.5) is 0 Å². The summed E-state index contributed by atoms with van der Waals surface area (Å²) in [5.74, 6) is -0.930. The standard InChI is InChI=1S/C23H20N2O4S/c1-16-5-2-3-7-22(16)30(28,29)25-15-19(9-11-23(26)27)20-13-17(8-10-21(20)25)18-6-4-12-24-14-18/h2-8,10,12-15H,9,11H2,1H3,(H,26,27). The van der Waals surface area contributed by atoms with Crippen molar-refractivity contribution in [3.63, 3.8) is 0 Å². The van der Waals surface area contributed by atoms with E-state index in [-0.39, 0.29) is 17.7 Å². The van der Waals surface area contributed by atoms with Gasteiger partial charge in [0, 0.05) is 36.0 Å². The van der Waals surface area contributed by atoms with Gasteiger partial charge in [-0.1, -0.05) is 30.3 Å². The largest absolute Gasteiger partial charge is 0.481 e. The number of benzene rings is 2. The lowest BCUT2D eigenvalue weighted by molar-refractivity contribution is -0.136. The van der Waals surface area contributed by atoms with E-state index in [0.29, 0.717) is 16.6 Å². The lowest BCUT2D eigenvalue weighted by atomic mass is 10.0. The molecule has 1 N–H and O–H groups in total. The maximum absolute atomic E-state index is 13.4. The fourth-order valence-corrected chi connectivity index (χ4v) is 5.19. The Balaban J connectivity index is 1.92. The normalized spacial score (nSPS) is 11.6. The van der Waals surface area contributed by atoms with Crippen LogP contribution >= 0.6 is 0 Å². The summed E-state index contributed by atoms with van der Waals surface area (Å²) in [7, 11) is -3.83. The minimum absolute atomic E-state index is 0.0827. The Hall–Kier alpha value is -3.45. The van der Waals surface area contributed by atoms with Crippen molar-refractivity contribution in [3.05, 3.63) is 84.3 Å². The number of fused-ring (bicyclic) bond motifs is 1. The van der Waals surface area contributed by atoms with Gasteiger partial charge in [0.1, 0.15) is 0 Å². The van der Waals surface area contributed by atoms with E-state index in [1.165, 1.54) is 3.97 Å². The number of aliphatic carboxylic acids is 1. The van der Waals surface area contributed by atoms with Crippen molar-refractivity contribution in [3.8, 4) is 11.1 Å². The van der Waals surface area contributed by atoms with Gasteiger partial charge >= 0.3 is 5.97 Å². The van der Waals surface area contributed by atoms with E-state index in [2.05, 4.69) is 4.98 Å². The molecule has 152 valence electrons. The maximum atomic E-state index is 13.4. The van der Waals surface area contributed by atoms with Gasteiger partial charge in [0.2, 0.25) is 0 Å². The second-order valence-corrected chi connectivity index (χ2v) is 8.87. The SMILES string of the molecule is Cc1ccccc1S(=O)(=O)n1cc(CCC(=O)O)c2cc(-c3cccnc3)ccc21. The zero-order valence-corrected chi connectivity index (χ0v) is 17.1. The number of aromatic nitrogens is 2. The molecule has 6 nitrogen and oxygen atoms in total. The number of hydrogen-bond acceptors (Lipinski definition) is 4. The molecular formula is C23H20N2O4S. The van der Waals surface area contributed by atoms with E-state index in [1.807, 2.05) is 24.3 Å². The van der Waals surface area contributed by atoms with Crippen LogP contribution in [0.15, 0.2) is 78.1 Å². The molecule has 0 bridgehead atoms. The highest BCUT2D eigenvalue weighted by Crippen LogP contribution is 2.31. The van der Waals surface area contributed by atoms with Crippen molar-refractivity contribution in [1.82, 2.24) is 8.96 Å². The molecule has 0 spiro atoms. The average molecular weight is 420 g/mol. The third-order valence-electron chi connectivity index (χ3n) is 5.09. The lowest BCUT2D eigenvalue weighted by Crippen LogP contribution is -2.13. The second kappa shape index (κ2) is 7.76. The topological polar surface area (TPSA) is 89.3 Å². The highest BCUT2D eigenvalue weighted by molar-refractivity contribution is 7.90. The highest BCUT2D eigenvalue weighted by atomic mass is 32.2. The summed E-state index contributed by atoms with van der Waals surface area (Å²) in [6.07, 6.45) is 5.12. The smallest absolute Gasteiger partial charge is 0.303 e. The predicted molar refractivity (Wildman–Crippen MR) is 115 cm³/mol. The number of carbonyl (C=O) groups is 1. The molecule has 0 saturated carbocycles. The quantitative estimate of drug-likeness (QED) is 0.503. The van der Waals surface area contributed by atoms with Gasteiger partial charge in [-0.3, -0.25) is 9.78 Å². The van der Waals surface area contributed by atoms with Crippen molar-refractivity contribution >= 4 is 26.9 Å². The van der Waals surface area contributed by atoms with Gasteiger partial charge in [-0.25, -0.2) is 12.4 Å². The first-order chi connectivity index (χ1) is 14.4. The van der Waals surface area contributed by atoms with Crippen molar-refractivity contribution in [1.29, 1.82) is 0 Å². The van der Waals surface area contributed by atoms with Crippen LogP contribution in [0.3, 0.4) is 0 Å². The summed E-state index contributed by atoms with van der Waals surface area (Å²) < 4.78 is 28.1. The molecular weight excluding hydrogens is 400 g/mol. The third-order valence-corrected chi connectivity index (χ3v) is 6.92. The van der Waals surface area contributed by atoms with E-state index >= 15 is 0 Å². The highest BCUT2D eigenvalue weighted by Gasteiger charge is 2.23. The van der Waals surface area contributed by atoms with Gasteiger partial charge in [0.15, 0.2) is 0 Å². The number of rotatable bonds is 6. The lowest BCUT2D eigenvalue weighted by Gasteiger charge is -2.10. The van der Waals surface area contributed by atoms with E-state index in [4.69, 9.17) is 5.11 Å². The van der Waals surface area contributed by atoms with E-state index in [1.54, 1.807) is 55.8 Å². The molecule has 30 heavy (non-hydrogen) atoms. The van der Waals surface area contributed by atoms with Crippen molar-refractivity contribution in [2.45, 2.75) is 24.7 Å². The van der Waals surface area contributed by atoms with Crippen LogP contribution < -0.4 is 0 Å². The number of hydrogen-bond donors (Lipinski definition) is 1. The maximum Gasteiger partial charge on any atom is 0.303 e. The number of aryl methyl sites for hydroxylation is 2. The number of carboxylic acid groups (broad SMARTS) is 1. The first-order valence-electron chi connectivity index (χ1n) is 9.45. The number of carboxylic acids is 1. The van der Waals surface area contributed by atoms with Crippen LogP contribution in [0.25, 0.3) is 22.0 Å². The molecule has 0 atom stereocenters. The monoisotopic (exact) mass is 420 g/mol. The molecule has 0 unspecified atom stereocenters. The first-order valence-corrected chi connectivity index (χ1v) is 10.9. The minimum Gasteiger partial charge on any atom is -0.481 e. The summed E-state index contributed by atoms with van der Waals surface area (Å²) in [4.78, 5) is 15.5. The first kappa shape index (κ1) is 19.8. The summed E-state index contributed by atoms with van der Waals surface area (Å²) in [5.41, 5.74) is 3.64. The molecule has 0 saturated heterocycles. The van der Waals surface area contributed by atoms with Gasteiger partial charge in [-0.05, 0) is 54.3 Å². The molecule has 2 aromatic heterocycles. The Bertz CT molecular complexity index is 1340. The number of pyridine rings is 1. The molecule has 2 aromatic carbocycles. The number of nitrogens with zero attached hydrogens (tertiary/aromatic N) is 2. The molecule has 0 amide bonds. The summed E-state index contributed by atoms with van der Waals surface area (Å²) in [6.45, 7) is 1.75. The molecule has 7 heteroatoms. The van der Waals surface area contributed by atoms with Crippen molar-refractivity contribution in [2.24, 2.45) is 0 Å². The van der Waals surface area contributed by atoms with Crippen molar-refractivity contribution < 1.29 is 18.3 Å². The van der Waals surface area contributed by atoms with Gasteiger partial charge in [0.05, 0.1) is 10.4 Å². The molecule has 0 aliphatic carbocycles. The molecule has 0 radical (unpaired) electrons. The van der Waals surface area contributed by atoms with Gasteiger partial charge in [-0.2, -0.15) is 0 Å². The predicted octanol–water partition coefficient (Wildman–Crippen LogP) is 4.27. The van der Waals surface area contributed by atoms with E-state index in [0.717, 1.165) is 16.5 Å². The van der Waals surface area contributed by atoms with Crippen molar-refractivity contribution in [2.75, 3.05) is 0 Å². The van der Waals surface area contributed by atoms with Crippen LogP contribution in [-0.4, -0.2) is 28.5 Å². The minimum atomic E-state index is -3.83. The molecule has 0 fully saturated rings. The fraction of sp³-hybridized carbons (Fsp3) is 0.130. The van der Waals surface area contributed by atoms with E-state index < -0.39 is 16.0 Å². The Labute approximate surface area is 174 Å². The van der Waals surface area contributed by atoms with Crippen LogP contribution in [-0.2, 0) is 21.2 Å². The van der Waals surface area contributed by atoms with Crippen LogP contribution in [0, 0.1) is 6.92 Å². The fourth-order valence-electron chi connectivity index (χ4n) is 3.57. The average Bonchev–Trinajstić information content (AvgIpc) is 3.12. The van der Waals surface area contributed by atoms with Crippen LogP contribution in [0.2, 0.25) is 0 Å². The van der Waals surface area contributed by atoms with E-state index in [9.17, 15) is 13.2 Å². The molecule has 4 aromatic rings. The Morgan fingerprint density at radius 1 is 1.07 bits per heavy atom.